The highest BCUT2D eigenvalue weighted by molar-refractivity contribution is 8.26. The van der Waals surface area contributed by atoms with Gasteiger partial charge < -0.3 is 0 Å². The predicted octanol–water partition coefficient (Wildman–Crippen LogP) is 4.31. The number of thiocarbonyl (C=S) groups is 1. The van der Waals surface area contributed by atoms with Crippen molar-refractivity contribution in [1.29, 1.82) is 0 Å². The van der Waals surface area contributed by atoms with E-state index in [0.29, 0.717) is 6.04 Å². The van der Waals surface area contributed by atoms with E-state index in [-0.39, 0.29) is 5.91 Å². The predicted molar refractivity (Wildman–Crippen MR) is 92.1 cm³/mol. The topological polar surface area (TPSA) is 20.3 Å². The number of carbonyl (C=O) groups is 1. The summed E-state index contributed by atoms with van der Waals surface area (Å²) in [6, 6.07) is 10.5. The van der Waals surface area contributed by atoms with Gasteiger partial charge in [-0.3, -0.25) is 9.69 Å². The molecule has 0 N–H and O–H groups in total. The van der Waals surface area contributed by atoms with Crippen molar-refractivity contribution >= 4 is 34.2 Å². The Labute approximate surface area is 135 Å². The molecule has 21 heavy (non-hydrogen) atoms. The number of benzene rings is 1. The highest BCUT2D eigenvalue weighted by Crippen LogP contribution is 2.36. The molecule has 0 unspecified atom stereocenters. The van der Waals surface area contributed by atoms with E-state index < -0.39 is 0 Å². The van der Waals surface area contributed by atoms with Gasteiger partial charge in [-0.1, -0.05) is 79.7 Å². The number of hydrogen-bond acceptors (Lipinski definition) is 3. The van der Waals surface area contributed by atoms with Crippen LogP contribution >= 0.6 is 24.0 Å². The van der Waals surface area contributed by atoms with E-state index in [4.69, 9.17) is 12.2 Å². The number of hydrogen-bond donors (Lipinski definition) is 0. The zero-order valence-corrected chi connectivity index (χ0v) is 13.6. The lowest BCUT2D eigenvalue weighted by Gasteiger charge is -2.29. The first-order valence-electron chi connectivity index (χ1n) is 7.55. The van der Waals surface area contributed by atoms with E-state index in [1.807, 2.05) is 29.2 Å². The lowest BCUT2D eigenvalue weighted by atomic mass is 9.94. The van der Waals surface area contributed by atoms with Gasteiger partial charge in [-0.05, 0) is 24.8 Å². The Morgan fingerprint density at radius 3 is 2.62 bits per heavy atom. The Morgan fingerprint density at radius 1 is 1.19 bits per heavy atom. The monoisotopic (exact) mass is 317 g/mol. The molecule has 2 fully saturated rings. The molecule has 2 nitrogen and oxygen atoms in total. The molecule has 0 atom stereocenters. The zero-order valence-electron chi connectivity index (χ0n) is 12.0. The van der Waals surface area contributed by atoms with Crippen LogP contribution < -0.4 is 0 Å². The molecule has 1 aliphatic carbocycles. The van der Waals surface area contributed by atoms with Crippen LogP contribution in [0.3, 0.4) is 0 Å². The minimum Gasteiger partial charge on any atom is -0.290 e. The van der Waals surface area contributed by atoms with Gasteiger partial charge in [-0.2, -0.15) is 0 Å². The highest BCUT2D eigenvalue weighted by Gasteiger charge is 2.37. The standard InChI is InChI=1S/C17H19NOS2/c19-16-15(12-11-13-7-3-1-4-8-13)21-17(20)18(16)14-9-5-2-6-10-14/h1,3-4,7-8,12,14H,2,5-6,9-11H2/b15-12+. The van der Waals surface area contributed by atoms with E-state index in [2.05, 4.69) is 12.1 Å². The van der Waals surface area contributed by atoms with Crippen molar-refractivity contribution in [2.45, 2.75) is 44.6 Å². The Morgan fingerprint density at radius 2 is 1.90 bits per heavy atom. The molecule has 0 radical (unpaired) electrons. The fourth-order valence-electron chi connectivity index (χ4n) is 3.00. The quantitative estimate of drug-likeness (QED) is 0.612. The van der Waals surface area contributed by atoms with E-state index in [1.54, 1.807) is 0 Å². The zero-order chi connectivity index (χ0) is 14.7. The maximum Gasteiger partial charge on any atom is 0.266 e. The smallest absolute Gasteiger partial charge is 0.266 e. The molecule has 1 aromatic rings. The SMILES string of the molecule is O=C1/C(=C\Cc2ccccc2)SC(=S)N1C1CCCCC1. The van der Waals surface area contributed by atoms with Crippen LogP contribution in [0.25, 0.3) is 0 Å². The number of carbonyl (C=O) groups excluding carboxylic acids is 1. The van der Waals surface area contributed by atoms with Gasteiger partial charge in [0.2, 0.25) is 0 Å². The maximum absolute atomic E-state index is 12.6. The van der Waals surface area contributed by atoms with Crippen LogP contribution in [0, 0.1) is 0 Å². The van der Waals surface area contributed by atoms with Crippen molar-refractivity contribution < 1.29 is 4.79 Å². The Bertz CT molecular complexity index is 561. The van der Waals surface area contributed by atoms with Gasteiger partial charge in [0.25, 0.3) is 5.91 Å². The maximum atomic E-state index is 12.6. The van der Waals surface area contributed by atoms with Gasteiger partial charge in [0.1, 0.15) is 4.32 Å². The van der Waals surface area contributed by atoms with Crippen molar-refractivity contribution in [2.75, 3.05) is 0 Å². The summed E-state index contributed by atoms with van der Waals surface area (Å²) >= 11 is 6.90. The van der Waals surface area contributed by atoms with Gasteiger partial charge in [0.05, 0.1) is 4.91 Å². The van der Waals surface area contributed by atoms with Crippen LogP contribution in [0.4, 0.5) is 0 Å². The summed E-state index contributed by atoms with van der Waals surface area (Å²) in [4.78, 5) is 15.3. The molecule has 1 aliphatic heterocycles. The van der Waals surface area contributed by atoms with Crippen LogP contribution in [-0.4, -0.2) is 21.2 Å². The number of rotatable bonds is 3. The van der Waals surface area contributed by atoms with E-state index in [9.17, 15) is 4.79 Å². The molecular weight excluding hydrogens is 298 g/mol. The number of amides is 1. The van der Waals surface area contributed by atoms with Crippen molar-refractivity contribution in [3.8, 4) is 0 Å². The van der Waals surface area contributed by atoms with Crippen molar-refractivity contribution in [3.63, 3.8) is 0 Å². The number of nitrogens with zero attached hydrogens (tertiary/aromatic N) is 1. The van der Waals surface area contributed by atoms with E-state index in [1.165, 1.54) is 36.6 Å². The third kappa shape index (κ3) is 3.38. The van der Waals surface area contributed by atoms with Gasteiger partial charge in [-0.25, -0.2) is 0 Å². The van der Waals surface area contributed by atoms with Gasteiger partial charge in [0, 0.05) is 6.04 Å². The molecule has 1 saturated heterocycles. The molecule has 1 saturated carbocycles. The molecule has 0 aromatic heterocycles. The Kier molecular flexibility index (Phi) is 4.76. The summed E-state index contributed by atoms with van der Waals surface area (Å²) in [5.74, 6) is 0.118. The molecule has 1 aromatic carbocycles. The molecule has 0 spiro atoms. The number of thioether (sulfide) groups is 1. The summed E-state index contributed by atoms with van der Waals surface area (Å²) < 4.78 is 0.742. The van der Waals surface area contributed by atoms with Crippen LogP contribution in [-0.2, 0) is 11.2 Å². The van der Waals surface area contributed by atoms with Crippen LogP contribution in [0.15, 0.2) is 41.3 Å². The molecule has 3 rings (SSSR count). The summed E-state index contributed by atoms with van der Waals surface area (Å²) in [5.41, 5.74) is 1.22. The van der Waals surface area contributed by atoms with Crippen LogP contribution in [0.1, 0.15) is 37.7 Å². The van der Waals surface area contributed by atoms with E-state index >= 15 is 0 Å². The fourth-order valence-corrected chi connectivity index (χ4v) is 4.37. The molecule has 110 valence electrons. The second kappa shape index (κ2) is 6.75. The molecular formula is C17H19NOS2. The van der Waals surface area contributed by atoms with Crippen molar-refractivity contribution in [3.05, 3.63) is 46.9 Å². The van der Waals surface area contributed by atoms with Gasteiger partial charge in [-0.15, -0.1) is 0 Å². The second-order valence-corrected chi connectivity index (χ2v) is 7.27. The van der Waals surface area contributed by atoms with E-state index in [0.717, 1.165) is 28.5 Å². The minimum absolute atomic E-state index is 0.118. The molecule has 0 bridgehead atoms. The first kappa shape index (κ1) is 14.8. The van der Waals surface area contributed by atoms with Crippen LogP contribution in [0.5, 0.6) is 0 Å². The molecule has 1 heterocycles. The Hall–Kier alpha value is -1.13. The van der Waals surface area contributed by atoms with Crippen molar-refractivity contribution in [1.82, 2.24) is 4.90 Å². The first-order chi connectivity index (χ1) is 10.3. The van der Waals surface area contributed by atoms with Crippen LogP contribution in [0.2, 0.25) is 0 Å². The third-order valence-electron chi connectivity index (χ3n) is 4.13. The second-order valence-electron chi connectivity index (χ2n) is 5.59. The normalized spacial score (nSPS) is 22.3. The average molecular weight is 317 g/mol. The van der Waals surface area contributed by atoms with Crippen molar-refractivity contribution in [2.24, 2.45) is 0 Å². The lowest BCUT2D eigenvalue weighted by molar-refractivity contribution is -0.124. The molecule has 2 aliphatic rings. The summed E-state index contributed by atoms with van der Waals surface area (Å²) in [5, 5.41) is 0. The third-order valence-corrected chi connectivity index (χ3v) is 5.51. The highest BCUT2D eigenvalue weighted by atomic mass is 32.2. The number of allylic oxidation sites excluding steroid dienone is 1. The van der Waals surface area contributed by atoms with Gasteiger partial charge in [0.15, 0.2) is 0 Å². The summed E-state index contributed by atoms with van der Waals surface area (Å²) in [6.45, 7) is 0. The fraction of sp³-hybridized carbons (Fsp3) is 0.412. The largest absolute Gasteiger partial charge is 0.290 e. The summed E-state index contributed by atoms with van der Waals surface area (Å²) in [7, 11) is 0. The average Bonchev–Trinajstić information content (AvgIpc) is 2.81. The minimum atomic E-state index is 0.118. The lowest BCUT2D eigenvalue weighted by Crippen LogP contribution is -2.39. The summed E-state index contributed by atoms with van der Waals surface area (Å²) in [6.07, 6.45) is 8.72. The van der Waals surface area contributed by atoms with Gasteiger partial charge >= 0.3 is 0 Å². The first-order valence-corrected chi connectivity index (χ1v) is 8.77. The molecule has 4 heteroatoms. The Balaban J connectivity index is 1.70. The molecule has 1 amide bonds.